The molecule has 0 radical (unpaired) electrons. The molecule has 1 heterocycles. The van der Waals surface area contributed by atoms with Gasteiger partial charge in [-0.2, -0.15) is 0 Å². The van der Waals surface area contributed by atoms with E-state index >= 15 is 0 Å². The molecule has 7 heteroatoms. The number of sulfonamides is 1. The lowest BCUT2D eigenvalue weighted by molar-refractivity contribution is 0.128. The van der Waals surface area contributed by atoms with E-state index in [1.165, 1.54) is 6.07 Å². The van der Waals surface area contributed by atoms with Gasteiger partial charge in [-0.15, -0.1) is 0 Å². The van der Waals surface area contributed by atoms with Crippen molar-refractivity contribution in [2.45, 2.75) is 18.4 Å². The van der Waals surface area contributed by atoms with Crippen LogP contribution in [0.15, 0.2) is 53.4 Å². The van der Waals surface area contributed by atoms with E-state index in [1.807, 2.05) is 19.1 Å². The Labute approximate surface area is 160 Å². The Morgan fingerprint density at radius 2 is 1.59 bits per heavy atom. The number of piperazine rings is 1. The minimum absolute atomic E-state index is 0.162. The summed E-state index contributed by atoms with van der Waals surface area (Å²) in [7, 11) is -3.46. The average molecular weight is 392 g/mol. The summed E-state index contributed by atoms with van der Waals surface area (Å²) >= 11 is 0. The van der Waals surface area contributed by atoms with Crippen LogP contribution >= 0.6 is 0 Å². The molecule has 0 unspecified atom stereocenters. The normalized spacial score (nSPS) is 16.5. The van der Waals surface area contributed by atoms with Crippen LogP contribution in [0.1, 0.15) is 11.1 Å². The van der Waals surface area contributed by atoms with Crippen LogP contribution in [0.2, 0.25) is 0 Å². The Hall–Kier alpha value is -1.80. The zero-order chi connectivity index (χ0) is 19.3. The first-order chi connectivity index (χ1) is 12.9. The predicted octanol–water partition coefficient (Wildman–Crippen LogP) is 2.23. The Bertz CT molecular complexity index is 848. The van der Waals surface area contributed by atoms with Gasteiger partial charge in [0.1, 0.15) is 5.82 Å². The lowest BCUT2D eigenvalue weighted by Crippen LogP contribution is -2.48. The first kappa shape index (κ1) is 19.9. The van der Waals surface area contributed by atoms with Gasteiger partial charge >= 0.3 is 0 Å². The molecule has 0 aromatic heterocycles. The molecule has 1 aliphatic rings. The molecule has 0 aliphatic carbocycles. The maximum absolute atomic E-state index is 13.8. The van der Waals surface area contributed by atoms with Gasteiger partial charge in [-0.3, -0.25) is 9.80 Å². The van der Waals surface area contributed by atoms with Gasteiger partial charge in [0.15, 0.2) is 0 Å². The molecule has 0 amide bonds. The van der Waals surface area contributed by atoms with Crippen molar-refractivity contribution in [3.05, 3.63) is 65.5 Å². The van der Waals surface area contributed by atoms with Crippen LogP contribution in [-0.2, 0) is 16.6 Å². The molecule has 5 nitrogen and oxygen atoms in total. The highest BCUT2D eigenvalue weighted by Gasteiger charge is 2.19. The molecule has 27 heavy (non-hydrogen) atoms. The fourth-order valence-corrected chi connectivity index (χ4v) is 4.20. The molecule has 0 atom stereocenters. The van der Waals surface area contributed by atoms with Crippen molar-refractivity contribution in [1.29, 1.82) is 0 Å². The third-order valence-corrected chi connectivity index (χ3v) is 6.35. The van der Waals surface area contributed by atoms with Crippen molar-refractivity contribution < 1.29 is 12.8 Å². The molecule has 0 bridgehead atoms. The largest absolute Gasteiger partial charge is 0.299 e. The van der Waals surface area contributed by atoms with E-state index in [9.17, 15) is 12.8 Å². The van der Waals surface area contributed by atoms with Crippen LogP contribution in [0, 0.1) is 12.7 Å². The number of halogens is 1. The summed E-state index contributed by atoms with van der Waals surface area (Å²) in [6.45, 7) is 6.97. The molecule has 1 N–H and O–H groups in total. The van der Waals surface area contributed by atoms with Crippen LogP contribution in [0.5, 0.6) is 0 Å². The quantitative estimate of drug-likeness (QED) is 0.787. The maximum Gasteiger partial charge on any atom is 0.240 e. The highest BCUT2D eigenvalue weighted by molar-refractivity contribution is 7.89. The molecule has 146 valence electrons. The Balaban J connectivity index is 1.42. The second-order valence-corrected chi connectivity index (χ2v) is 8.69. The van der Waals surface area contributed by atoms with Crippen LogP contribution < -0.4 is 4.72 Å². The zero-order valence-corrected chi connectivity index (χ0v) is 16.4. The summed E-state index contributed by atoms with van der Waals surface area (Å²) in [5.41, 5.74) is 1.75. The van der Waals surface area contributed by atoms with Crippen LogP contribution in [-0.4, -0.2) is 57.5 Å². The van der Waals surface area contributed by atoms with Crippen molar-refractivity contribution in [1.82, 2.24) is 14.5 Å². The lowest BCUT2D eigenvalue weighted by Gasteiger charge is -2.34. The second-order valence-electron chi connectivity index (χ2n) is 6.92. The summed E-state index contributed by atoms with van der Waals surface area (Å²) in [5, 5.41) is 0. The van der Waals surface area contributed by atoms with Gasteiger partial charge in [-0.25, -0.2) is 17.5 Å². The first-order valence-corrected chi connectivity index (χ1v) is 10.7. The van der Waals surface area contributed by atoms with Crippen molar-refractivity contribution in [2.75, 3.05) is 39.3 Å². The number of hydrogen-bond acceptors (Lipinski definition) is 4. The molecule has 1 saturated heterocycles. The van der Waals surface area contributed by atoms with Crippen molar-refractivity contribution in [3.63, 3.8) is 0 Å². The Morgan fingerprint density at radius 3 is 2.26 bits per heavy atom. The molecular formula is C20H26FN3O2S. The predicted molar refractivity (Wildman–Crippen MR) is 104 cm³/mol. The van der Waals surface area contributed by atoms with Gasteiger partial charge in [0.2, 0.25) is 10.0 Å². The van der Waals surface area contributed by atoms with Crippen LogP contribution in [0.25, 0.3) is 0 Å². The summed E-state index contributed by atoms with van der Waals surface area (Å²) < 4.78 is 41.0. The van der Waals surface area contributed by atoms with E-state index in [0.717, 1.165) is 37.3 Å². The van der Waals surface area contributed by atoms with Gasteiger partial charge in [-0.1, -0.05) is 35.9 Å². The SMILES string of the molecule is Cc1ccc(S(=O)(=O)NCCN2CCN(Cc3ccccc3F)CC2)cc1. The van der Waals surface area contributed by atoms with Crippen molar-refractivity contribution in [2.24, 2.45) is 0 Å². The monoisotopic (exact) mass is 391 g/mol. The zero-order valence-electron chi connectivity index (χ0n) is 15.6. The maximum atomic E-state index is 13.8. The van der Waals surface area contributed by atoms with Crippen LogP contribution in [0.3, 0.4) is 0 Å². The van der Waals surface area contributed by atoms with E-state index in [-0.39, 0.29) is 5.82 Å². The third-order valence-electron chi connectivity index (χ3n) is 4.87. The molecule has 1 fully saturated rings. The fourth-order valence-electron chi connectivity index (χ4n) is 3.18. The summed E-state index contributed by atoms with van der Waals surface area (Å²) in [4.78, 5) is 4.75. The van der Waals surface area contributed by atoms with E-state index in [2.05, 4.69) is 14.5 Å². The van der Waals surface area contributed by atoms with E-state index in [4.69, 9.17) is 0 Å². The van der Waals surface area contributed by atoms with Gasteiger partial charge < -0.3 is 0 Å². The fraction of sp³-hybridized carbons (Fsp3) is 0.400. The molecule has 2 aromatic rings. The number of hydrogen-bond donors (Lipinski definition) is 1. The molecule has 2 aromatic carbocycles. The second kappa shape index (κ2) is 8.93. The number of nitrogens with zero attached hydrogens (tertiary/aromatic N) is 2. The standard InChI is InChI=1S/C20H26FN3O2S/c1-17-6-8-19(9-7-17)27(25,26)22-10-11-23-12-14-24(15-13-23)16-18-4-2-3-5-20(18)21/h2-9,22H,10-16H2,1H3. The number of benzene rings is 2. The topological polar surface area (TPSA) is 52.7 Å². The van der Waals surface area contributed by atoms with Crippen LogP contribution in [0.4, 0.5) is 4.39 Å². The Kier molecular flexibility index (Phi) is 6.59. The van der Waals surface area contributed by atoms with E-state index < -0.39 is 10.0 Å². The number of rotatable bonds is 7. The van der Waals surface area contributed by atoms with Gasteiger partial charge in [-0.05, 0) is 25.1 Å². The minimum Gasteiger partial charge on any atom is -0.299 e. The Morgan fingerprint density at radius 1 is 0.963 bits per heavy atom. The minimum atomic E-state index is -3.46. The van der Waals surface area contributed by atoms with Crippen molar-refractivity contribution in [3.8, 4) is 0 Å². The van der Waals surface area contributed by atoms with Gasteiger partial charge in [0, 0.05) is 51.4 Å². The summed E-state index contributed by atoms with van der Waals surface area (Å²) in [6.07, 6.45) is 0. The molecule has 3 rings (SSSR count). The summed E-state index contributed by atoms with van der Waals surface area (Å²) in [5.74, 6) is -0.162. The summed E-state index contributed by atoms with van der Waals surface area (Å²) in [6, 6.07) is 13.7. The third kappa shape index (κ3) is 5.59. The smallest absolute Gasteiger partial charge is 0.240 e. The molecular weight excluding hydrogens is 365 g/mol. The van der Waals surface area contributed by atoms with Gasteiger partial charge in [0.25, 0.3) is 0 Å². The number of nitrogens with one attached hydrogen (secondary N) is 1. The highest BCUT2D eigenvalue weighted by Crippen LogP contribution is 2.12. The highest BCUT2D eigenvalue weighted by atomic mass is 32.2. The van der Waals surface area contributed by atoms with Gasteiger partial charge in [0.05, 0.1) is 4.90 Å². The molecule has 0 saturated carbocycles. The molecule has 1 aliphatic heterocycles. The average Bonchev–Trinajstić information content (AvgIpc) is 2.65. The van der Waals surface area contributed by atoms with Crippen molar-refractivity contribution >= 4 is 10.0 Å². The first-order valence-electron chi connectivity index (χ1n) is 9.18. The lowest BCUT2D eigenvalue weighted by atomic mass is 10.2. The molecule has 0 spiro atoms. The number of aryl methyl sites for hydroxylation is 1. The van der Waals surface area contributed by atoms with E-state index in [1.54, 1.807) is 30.3 Å². The van der Waals surface area contributed by atoms with E-state index in [0.29, 0.717) is 24.5 Å².